The molecule has 0 spiro atoms. The van der Waals surface area contributed by atoms with Crippen LogP contribution in [0.5, 0.6) is 0 Å². The number of unbranched alkanes of at least 4 members (excludes halogenated alkanes) is 4. The molecule has 15 heteroatoms. The Morgan fingerprint density at radius 1 is 0.565 bits per heavy atom. The molecule has 0 atom stereocenters. The van der Waals surface area contributed by atoms with Crippen LogP contribution in [-0.4, -0.2) is 126 Å². The first kappa shape index (κ1) is 49.7. The van der Waals surface area contributed by atoms with E-state index in [4.69, 9.17) is 56.2 Å². The van der Waals surface area contributed by atoms with Crippen molar-refractivity contribution < 1.29 is 75.3 Å². The summed E-state index contributed by atoms with van der Waals surface area (Å²) < 4.78 is 0. The summed E-state index contributed by atoms with van der Waals surface area (Å²) in [7, 11) is 0. The summed E-state index contributed by atoms with van der Waals surface area (Å²) in [6, 6.07) is 5.20. The molecule has 0 aliphatic rings. The minimum Gasteiger partial charge on any atom is -0.481 e. The molecule has 0 unspecified atom stereocenters. The number of carbonyl (C=O) groups is 4. The number of aromatic carboxylic acids is 2. The number of rotatable bonds is 18. The van der Waals surface area contributed by atoms with Crippen molar-refractivity contribution in [2.45, 2.75) is 78.6 Å². The molecule has 0 aromatic heterocycles. The summed E-state index contributed by atoms with van der Waals surface area (Å²) in [5.41, 5.74) is -1.01. The zero-order chi connectivity index (χ0) is 36.6. The van der Waals surface area contributed by atoms with Gasteiger partial charge in [0.15, 0.2) is 0 Å². The van der Waals surface area contributed by atoms with Crippen molar-refractivity contribution in [3.8, 4) is 0 Å². The van der Waals surface area contributed by atoms with E-state index < -0.39 is 29.3 Å². The van der Waals surface area contributed by atoms with Gasteiger partial charge in [0.05, 0.1) is 44.2 Å². The lowest BCUT2D eigenvalue weighted by molar-refractivity contribution is -0.139. The normalized spacial score (nSPS) is 10.3. The molecular formula is C31H56O15. The molecule has 11 N–H and O–H groups in total. The monoisotopic (exact) mass is 668 g/mol. The first-order valence-corrected chi connectivity index (χ1v) is 14.8. The fourth-order valence-corrected chi connectivity index (χ4v) is 2.45. The molecule has 0 saturated carbocycles. The Kier molecular flexibility index (Phi) is 34.3. The second-order valence-electron chi connectivity index (χ2n) is 10.9. The van der Waals surface area contributed by atoms with Crippen LogP contribution in [0.25, 0.3) is 0 Å². The Hall–Kier alpha value is -3.18. The highest BCUT2D eigenvalue weighted by atomic mass is 16.4. The summed E-state index contributed by atoms with van der Waals surface area (Å²) in [5.74, 6) is -3.99. The minimum absolute atomic E-state index is 0.0186. The van der Waals surface area contributed by atoms with Crippen LogP contribution in [0.3, 0.4) is 0 Å². The zero-order valence-electron chi connectivity index (χ0n) is 27.2. The van der Waals surface area contributed by atoms with Gasteiger partial charge in [-0.05, 0) is 50.3 Å². The fourth-order valence-electron chi connectivity index (χ4n) is 2.45. The van der Waals surface area contributed by atoms with Crippen molar-refractivity contribution in [3.05, 3.63) is 35.4 Å². The molecule has 1 aromatic rings. The van der Waals surface area contributed by atoms with Gasteiger partial charge in [-0.3, -0.25) is 9.59 Å². The van der Waals surface area contributed by atoms with Crippen molar-refractivity contribution in [3.63, 3.8) is 0 Å². The van der Waals surface area contributed by atoms with Crippen molar-refractivity contribution in [2.24, 2.45) is 10.8 Å². The predicted octanol–water partition coefficient (Wildman–Crippen LogP) is 1.69. The van der Waals surface area contributed by atoms with Crippen LogP contribution in [0.15, 0.2) is 24.3 Å². The molecule has 0 amide bonds. The number of benzene rings is 1. The van der Waals surface area contributed by atoms with E-state index in [2.05, 4.69) is 0 Å². The topological polar surface area (TPSA) is 291 Å². The zero-order valence-corrected chi connectivity index (χ0v) is 27.2. The van der Waals surface area contributed by atoms with Crippen LogP contribution in [0, 0.1) is 10.8 Å². The summed E-state index contributed by atoms with van der Waals surface area (Å²) in [4.78, 5) is 40.6. The first-order chi connectivity index (χ1) is 21.5. The van der Waals surface area contributed by atoms with Crippen LogP contribution in [-0.2, 0) is 9.59 Å². The van der Waals surface area contributed by atoms with Crippen LogP contribution in [0.4, 0.5) is 0 Å². The smallest absolute Gasteiger partial charge is 0.335 e. The number of aliphatic hydroxyl groups excluding tert-OH is 7. The van der Waals surface area contributed by atoms with E-state index in [9.17, 15) is 19.2 Å². The van der Waals surface area contributed by atoms with E-state index in [1.807, 2.05) is 6.92 Å². The van der Waals surface area contributed by atoms with Crippen molar-refractivity contribution in [2.75, 3.05) is 46.2 Å². The lowest BCUT2D eigenvalue weighted by Crippen LogP contribution is -2.32. The van der Waals surface area contributed by atoms with Gasteiger partial charge in [-0.2, -0.15) is 0 Å². The van der Waals surface area contributed by atoms with Gasteiger partial charge in [-0.1, -0.05) is 39.7 Å². The molecule has 0 aliphatic carbocycles. The lowest BCUT2D eigenvalue weighted by atomic mass is 9.88. The van der Waals surface area contributed by atoms with Crippen LogP contribution in [0.1, 0.15) is 99.3 Å². The average molecular weight is 669 g/mol. The van der Waals surface area contributed by atoms with Crippen LogP contribution in [0.2, 0.25) is 0 Å². The molecule has 1 aromatic carbocycles. The third-order valence-electron chi connectivity index (χ3n) is 6.07. The molecule has 0 bridgehead atoms. The molecule has 0 fully saturated rings. The summed E-state index contributed by atoms with van der Waals surface area (Å²) in [6.45, 7) is 5.61. The molecule has 46 heavy (non-hydrogen) atoms. The van der Waals surface area contributed by atoms with Crippen molar-refractivity contribution in [1.29, 1.82) is 0 Å². The number of aliphatic hydroxyl groups is 7. The summed E-state index contributed by atoms with van der Waals surface area (Å²) in [6.07, 6.45) is 5.44. The average Bonchev–Trinajstić information content (AvgIpc) is 3.04. The lowest BCUT2D eigenvalue weighted by Gasteiger charge is -2.24. The SMILES string of the molecule is CC(C)(CO)CO.CCC(CO)(CO)CO.O=C(O)CCCCC(=O)O.O=C(O)c1cccc(C(=O)O)c1.OCCCCCCO. The molecule has 0 saturated heterocycles. The Balaban J connectivity index is -0.000000243. The van der Waals surface area contributed by atoms with E-state index in [0.717, 1.165) is 31.7 Å². The molecule has 0 radical (unpaired) electrons. The molecule has 0 heterocycles. The predicted molar refractivity (Wildman–Crippen MR) is 169 cm³/mol. The number of aliphatic carboxylic acids is 2. The Morgan fingerprint density at radius 3 is 1.09 bits per heavy atom. The summed E-state index contributed by atoms with van der Waals surface area (Å²) in [5, 5.41) is 92.7. The van der Waals surface area contributed by atoms with Gasteiger partial charge in [-0.15, -0.1) is 0 Å². The van der Waals surface area contributed by atoms with Gasteiger partial charge in [-0.25, -0.2) is 9.59 Å². The van der Waals surface area contributed by atoms with Crippen LogP contribution >= 0.6 is 0 Å². The Morgan fingerprint density at radius 2 is 0.913 bits per heavy atom. The number of carboxylic acids is 4. The van der Waals surface area contributed by atoms with E-state index in [-0.39, 0.29) is 75.6 Å². The highest BCUT2D eigenvalue weighted by Gasteiger charge is 2.24. The maximum absolute atomic E-state index is 10.4. The van der Waals surface area contributed by atoms with Crippen LogP contribution < -0.4 is 0 Å². The third kappa shape index (κ3) is 32.2. The van der Waals surface area contributed by atoms with Gasteiger partial charge >= 0.3 is 23.9 Å². The highest BCUT2D eigenvalue weighted by Crippen LogP contribution is 2.18. The first-order valence-electron chi connectivity index (χ1n) is 14.8. The van der Waals surface area contributed by atoms with Crippen molar-refractivity contribution in [1.82, 2.24) is 0 Å². The van der Waals surface area contributed by atoms with E-state index in [1.165, 1.54) is 18.2 Å². The minimum atomic E-state index is -1.13. The van der Waals surface area contributed by atoms with Gasteiger partial charge < -0.3 is 56.2 Å². The second-order valence-corrected chi connectivity index (χ2v) is 10.9. The quantitative estimate of drug-likeness (QED) is 0.0992. The number of hydrogen-bond donors (Lipinski definition) is 11. The number of carboxylic acid groups (broad SMARTS) is 4. The molecule has 0 aliphatic heterocycles. The Bertz CT molecular complexity index is 840. The second kappa shape index (κ2) is 31.8. The Labute approximate surface area is 270 Å². The van der Waals surface area contributed by atoms with Gasteiger partial charge in [0.2, 0.25) is 0 Å². The molecular weight excluding hydrogens is 612 g/mol. The maximum Gasteiger partial charge on any atom is 0.335 e. The fraction of sp³-hybridized carbons (Fsp3) is 0.677. The van der Waals surface area contributed by atoms with Crippen molar-refractivity contribution >= 4 is 23.9 Å². The number of hydrogen-bond acceptors (Lipinski definition) is 11. The maximum atomic E-state index is 10.4. The highest BCUT2D eigenvalue weighted by molar-refractivity contribution is 5.93. The standard InChI is InChI=1S/C8H6O4.C6H10O4.C6H14O3.C6H14O2.C5H12O2/c9-7(10)5-2-1-3-6(4-5)8(11)12;7-5(8)3-1-2-4-6(9)10;1-2-6(3-7,4-8)5-9;7-5-3-1-2-4-6-8;1-5(2,3-6)4-7/h1-4H,(H,9,10)(H,11,12);1-4H2,(H,7,8)(H,9,10);7-9H,2-5H2,1H3;7-8H,1-6H2;6-7H,3-4H2,1-2H3. The molecule has 15 nitrogen and oxygen atoms in total. The van der Waals surface area contributed by atoms with E-state index in [0.29, 0.717) is 19.3 Å². The van der Waals surface area contributed by atoms with E-state index in [1.54, 1.807) is 13.8 Å². The largest absolute Gasteiger partial charge is 0.481 e. The molecule has 270 valence electrons. The third-order valence-corrected chi connectivity index (χ3v) is 6.07. The van der Waals surface area contributed by atoms with Gasteiger partial charge in [0.1, 0.15) is 0 Å². The van der Waals surface area contributed by atoms with E-state index >= 15 is 0 Å². The van der Waals surface area contributed by atoms with Gasteiger partial charge in [0.25, 0.3) is 0 Å². The van der Waals surface area contributed by atoms with Gasteiger partial charge in [0, 0.05) is 36.9 Å². The summed E-state index contributed by atoms with van der Waals surface area (Å²) >= 11 is 0. The molecule has 1 rings (SSSR count).